The lowest BCUT2D eigenvalue weighted by molar-refractivity contribution is 0.0952. The first-order chi connectivity index (χ1) is 6.77. The van der Waals surface area contributed by atoms with Gasteiger partial charge in [-0.05, 0) is 6.07 Å². The van der Waals surface area contributed by atoms with Gasteiger partial charge in [0.15, 0.2) is 0 Å². The molecule has 0 aromatic carbocycles. The number of aromatic nitrogens is 1. The van der Waals surface area contributed by atoms with Gasteiger partial charge in [-0.2, -0.15) is 0 Å². The van der Waals surface area contributed by atoms with Crippen LogP contribution in [0.15, 0.2) is 30.9 Å². The van der Waals surface area contributed by atoms with Gasteiger partial charge in [-0.3, -0.25) is 4.79 Å². The SMILES string of the molecule is C=CCNC(=O)c1cccc(OC)n1. The highest BCUT2D eigenvalue weighted by molar-refractivity contribution is 5.92. The van der Waals surface area contributed by atoms with E-state index in [9.17, 15) is 4.79 Å². The second-order valence-electron chi connectivity index (χ2n) is 2.56. The van der Waals surface area contributed by atoms with Crippen molar-refractivity contribution < 1.29 is 9.53 Å². The van der Waals surface area contributed by atoms with Crippen LogP contribution in [0, 0.1) is 0 Å². The van der Waals surface area contributed by atoms with E-state index in [1.807, 2.05) is 0 Å². The van der Waals surface area contributed by atoms with Crippen LogP contribution in [0.4, 0.5) is 0 Å². The van der Waals surface area contributed by atoms with Crippen molar-refractivity contribution in [2.24, 2.45) is 0 Å². The number of hydrogen-bond donors (Lipinski definition) is 1. The fourth-order valence-electron chi connectivity index (χ4n) is 0.910. The molecule has 0 aliphatic rings. The summed E-state index contributed by atoms with van der Waals surface area (Å²) in [5, 5.41) is 2.62. The molecule has 1 N–H and O–H groups in total. The molecular formula is C10H12N2O2. The van der Waals surface area contributed by atoms with Crippen LogP contribution >= 0.6 is 0 Å². The molecule has 0 saturated heterocycles. The third-order valence-electron chi connectivity index (χ3n) is 1.57. The molecule has 0 spiro atoms. The molecule has 1 aromatic heterocycles. The van der Waals surface area contributed by atoms with Crippen molar-refractivity contribution >= 4 is 5.91 Å². The van der Waals surface area contributed by atoms with E-state index < -0.39 is 0 Å². The third-order valence-corrected chi connectivity index (χ3v) is 1.57. The minimum Gasteiger partial charge on any atom is -0.481 e. The second-order valence-corrected chi connectivity index (χ2v) is 2.56. The standard InChI is InChI=1S/C10H12N2O2/c1-3-7-11-10(13)8-5-4-6-9(12-8)14-2/h3-6H,1,7H2,2H3,(H,11,13). The Balaban J connectivity index is 2.73. The minimum atomic E-state index is -0.233. The van der Waals surface area contributed by atoms with E-state index in [0.717, 1.165) is 0 Å². The van der Waals surface area contributed by atoms with E-state index in [1.165, 1.54) is 7.11 Å². The topological polar surface area (TPSA) is 51.2 Å². The number of carbonyl (C=O) groups is 1. The van der Waals surface area contributed by atoms with Crippen molar-refractivity contribution in [3.63, 3.8) is 0 Å². The Morgan fingerprint density at radius 1 is 1.71 bits per heavy atom. The highest BCUT2D eigenvalue weighted by Crippen LogP contribution is 2.05. The smallest absolute Gasteiger partial charge is 0.270 e. The summed E-state index contributed by atoms with van der Waals surface area (Å²) >= 11 is 0. The van der Waals surface area contributed by atoms with Crippen LogP contribution in [-0.2, 0) is 0 Å². The molecule has 0 bridgehead atoms. The molecule has 1 amide bonds. The van der Waals surface area contributed by atoms with Crippen LogP contribution in [0.5, 0.6) is 5.88 Å². The predicted octanol–water partition coefficient (Wildman–Crippen LogP) is 1.01. The summed E-state index contributed by atoms with van der Waals surface area (Å²) in [6.45, 7) is 3.93. The fourth-order valence-corrected chi connectivity index (χ4v) is 0.910. The first-order valence-corrected chi connectivity index (χ1v) is 4.18. The van der Waals surface area contributed by atoms with Gasteiger partial charge in [0, 0.05) is 12.6 Å². The van der Waals surface area contributed by atoms with Gasteiger partial charge in [-0.1, -0.05) is 12.1 Å². The Bertz CT molecular complexity index is 337. The molecule has 4 heteroatoms. The highest BCUT2D eigenvalue weighted by Gasteiger charge is 2.05. The van der Waals surface area contributed by atoms with Crippen molar-refractivity contribution in [1.82, 2.24) is 10.3 Å². The number of nitrogens with zero attached hydrogens (tertiary/aromatic N) is 1. The number of pyridine rings is 1. The molecule has 1 rings (SSSR count). The Kier molecular flexibility index (Phi) is 3.67. The molecule has 74 valence electrons. The number of carbonyl (C=O) groups excluding carboxylic acids is 1. The summed E-state index contributed by atoms with van der Waals surface area (Å²) < 4.78 is 4.90. The Morgan fingerprint density at radius 2 is 2.50 bits per heavy atom. The molecule has 0 aliphatic carbocycles. The maximum Gasteiger partial charge on any atom is 0.270 e. The summed E-state index contributed by atoms with van der Waals surface area (Å²) in [4.78, 5) is 15.4. The lowest BCUT2D eigenvalue weighted by Crippen LogP contribution is -2.24. The summed E-state index contributed by atoms with van der Waals surface area (Å²) in [7, 11) is 1.51. The van der Waals surface area contributed by atoms with Gasteiger partial charge in [0.05, 0.1) is 7.11 Å². The van der Waals surface area contributed by atoms with E-state index in [-0.39, 0.29) is 5.91 Å². The van der Waals surface area contributed by atoms with Gasteiger partial charge in [0.2, 0.25) is 5.88 Å². The lowest BCUT2D eigenvalue weighted by atomic mass is 10.3. The molecule has 0 atom stereocenters. The molecule has 14 heavy (non-hydrogen) atoms. The van der Waals surface area contributed by atoms with Crippen molar-refractivity contribution in [1.29, 1.82) is 0 Å². The lowest BCUT2D eigenvalue weighted by Gasteiger charge is -2.03. The molecule has 0 aliphatic heterocycles. The van der Waals surface area contributed by atoms with Crippen LogP contribution in [0.25, 0.3) is 0 Å². The largest absolute Gasteiger partial charge is 0.481 e. The quantitative estimate of drug-likeness (QED) is 0.724. The number of rotatable bonds is 4. The third kappa shape index (κ3) is 2.58. The predicted molar refractivity (Wildman–Crippen MR) is 53.3 cm³/mol. The Hall–Kier alpha value is -1.84. The average molecular weight is 192 g/mol. The summed E-state index contributed by atoms with van der Waals surface area (Å²) in [5.74, 6) is 0.194. The fraction of sp³-hybridized carbons (Fsp3) is 0.200. The van der Waals surface area contributed by atoms with Crippen molar-refractivity contribution in [2.75, 3.05) is 13.7 Å². The summed E-state index contributed by atoms with van der Waals surface area (Å²) in [5.41, 5.74) is 0.339. The highest BCUT2D eigenvalue weighted by atomic mass is 16.5. The maximum absolute atomic E-state index is 11.4. The first-order valence-electron chi connectivity index (χ1n) is 4.18. The van der Waals surface area contributed by atoms with Crippen LogP contribution < -0.4 is 10.1 Å². The molecule has 1 heterocycles. The van der Waals surface area contributed by atoms with E-state index in [0.29, 0.717) is 18.1 Å². The van der Waals surface area contributed by atoms with Crippen molar-refractivity contribution in [2.45, 2.75) is 0 Å². The number of amides is 1. The molecule has 1 aromatic rings. The molecule has 0 saturated carbocycles. The first kappa shape index (κ1) is 10.2. The maximum atomic E-state index is 11.4. The van der Waals surface area contributed by atoms with Crippen LogP contribution in [0.1, 0.15) is 10.5 Å². The van der Waals surface area contributed by atoms with E-state index in [4.69, 9.17) is 4.74 Å². The Morgan fingerprint density at radius 3 is 3.14 bits per heavy atom. The number of nitrogens with one attached hydrogen (secondary N) is 1. The van der Waals surface area contributed by atoms with E-state index >= 15 is 0 Å². The van der Waals surface area contributed by atoms with Gasteiger partial charge in [-0.15, -0.1) is 6.58 Å². The monoisotopic (exact) mass is 192 g/mol. The zero-order chi connectivity index (χ0) is 10.4. The molecule has 0 radical (unpaired) electrons. The summed E-state index contributed by atoms with van der Waals surface area (Å²) in [6.07, 6.45) is 1.61. The van der Waals surface area contributed by atoms with Crippen LogP contribution in [-0.4, -0.2) is 24.5 Å². The zero-order valence-corrected chi connectivity index (χ0v) is 7.99. The van der Waals surface area contributed by atoms with Gasteiger partial charge >= 0.3 is 0 Å². The summed E-state index contributed by atoms with van der Waals surface area (Å²) in [6, 6.07) is 5.03. The van der Waals surface area contributed by atoms with Gasteiger partial charge in [0.1, 0.15) is 5.69 Å². The number of hydrogen-bond acceptors (Lipinski definition) is 3. The minimum absolute atomic E-state index is 0.233. The van der Waals surface area contributed by atoms with Gasteiger partial charge in [0.25, 0.3) is 5.91 Å². The molecule has 0 unspecified atom stereocenters. The van der Waals surface area contributed by atoms with Gasteiger partial charge in [-0.25, -0.2) is 4.98 Å². The Labute approximate surface area is 82.6 Å². The van der Waals surface area contributed by atoms with E-state index in [1.54, 1.807) is 24.3 Å². The number of methoxy groups -OCH3 is 1. The number of ether oxygens (including phenoxy) is 1. The zero-order valence-electron chi connectivity index (χ0n) is 7.99. The second kappa shape index (κ2) is 5.01. The normalized spacial score (nSPS) is 9.21. The van der Waals surface area contributed by atoms with E-state index in [2.05, 4.69) is 16.9 Å². The van der Waals surface area contributed by atoms with Crippen LogP contribution in [0.3, 0.4) is 0 Å². The molecule has 4 nitrogen and oxygen atoms in total. The average Bonchev–Trinajstić information content (AvgIpc) is 2.26. The van der Waals surface area contributed by atoms with Crippen molar-refractivity contribution in [3.05, 3.63) is 36.5 Å². The van der Waals surface area contributed by atoms with Crippen LogP contribution in [0.2, 0.25) is 0 Å². The van der Waals surface area contributed by atoms with Gasteiger partial charge < -0.3 is 10.1 Å². The molecule has 0 fully saturated rings. The van der Waals surface area contributed by atoms with Crippen molar-refractivity contribution in [3.8, 4) is 5.88 Å². The molecular weight excluding hydrogens is 180 g/mol.